The molecular weight excluding hydrogens is 216 g/mol. The second kappa shape index (κ2) is 4.78. The van der Waals surface area contributed by atoms with Gasteiger partial charge in [0.25, 0.3) is 0 Å². The molecule has 0 amide bonds. The Morgan fingerprint density at radius 2 is 2.41 bits per heavy atom. The molecule has 1 heterocycles. The van der Waals surface area contributed by atoms with Gasteiger partial charge in [0, 0.05) is 20.4 Å². The summed E-state index contributed by atoms with van der Waals surface area (Å²) >= 11 is 0. The quantitative estimate of drug-likeness (QED) is 0.876. The second-order valence-corrected chi connectivity index (χ2v) is 5.25. The lowest BCUT2D eigenvalue weighted by Crippen LogP contribution is -2.43. The van der Waals surface area contributed by atoms with Crippen molar-refractivity contribution in [2.75, 3.05) is 7.11 Å². The van der Waals surface area contributed by atoms with Gasteiger partial charge in [-0.15, -0.1) is 0 Å². The minimum Gasteiger partial charge on any atom is -0.384 e. The summed E-state index contributed by atoms with van der Waals surface area (Å²) in [6.07, 6.45) is 5.29. The van der Waals surface area contributed by atoms with Crippen LogP contribution in [0.1, 0.15) is 44.4 Å². The van der Waals surface area contributed by atoms with Crippen molar-refractivity contribution in [1.82, 2.24) is 9.78 Å². The SMILES string of the molecule is COC1(C(O)c2ccnn2C)CCCC(C)C1. The Kier molecular flexibility index (Phi) is 3.54. The van der Waals surface area contributed by atoms with Gasteiger partial charge in [0.15, 0.2) is 0 Å². The van der Waals surface area contributed by atoms with E-state index in [0.29, 0.717) is 5.92 Å². The van der Waals surface area contributed by atoms with Crippen molar-refractivity contribution in [3.8, 4) is 0 Å². The molecule has 96 valence electrons. The summed E-state index contributed by atoms with van der Waals surface area (Å²) in [5, 5.41) is 14.7. The Balaban J connectivity index is 2.26. The van der Waals surface area contributed by atoms with Crippen LogP contribution in [0.25, 0.3) is 0 Å². The first-order valence-corrected chi connectivity index (χ1v) is 6.30. The van der Waals surface area contributed by atoms with Gasteiger partial charge in [0.2, 0.25) is 0 Å². The molecule has 4 nitrogen and oxygen atoms in total. The minimum absolute atomic E-state index is 0.439. The molecular formula is C13H22N2O2. The van der Waals surface area contributed by atoms with E-state index in [9.17, 15) is 5.11 Å². The highest BCUT2D eigenvalue weighted by Gasteiger charge is 2.43. The molecule has 0 bridgehead atoms. The van der Waals surface area contributed by atoms with Gasteiger partial charge < -0.3 is 9.84 Å². The molecule has 1 saturated carbocycles. The number of rotatable bonds is 3. The lowest BCUT2D eigenvalue weighted by atomic mass is 9.75. The first-order valence-electron chi connectivity index (χ1n) is 6.30. The predicted octanol–water partition coefficient (Wildman–Crippen LogP) is 2.05. The van der Waals surface area contributed by atoms with Crippen LogP contribution in [0, 0.1) is 5.92 Å². The van der Waals surface area contributed by atoms with E-state index in [1.54, 1.807) is 18.0 Å². The second-order valence-electron chi connectivity index (χ2n) is 5.25. The molecule has 3 unspecified atom stereocenters. The van der Waals surface area contributed by atoms with Gasteiger partial charge in [-0.05, 0) is 24.8 Å². The summed E-state index contributed by atoms with van der Waals surface area (Å²) < 4.78 is 7.43. The number of aliphatic hydroxyl groups is 1. The first-order chi connectivity index (χ1) is 8.09. The average Bonchev–Trinajstić information content (AvgIpc) is 2.74. The molecule has 0 saturated heterocycles. The Hall–Kier alpha value is -0.870. The fourth-order valence-electron chi connectivity index (χ4n) is 3.01. The summed E-state index contributed by atoms with van der Waals surface area (Å²) in [6.45, 7) is 2.23. The van der Waals surface area contributed by atoms with E-state index < -0.39 is 11.7 Å². The molecule has 1 aliphatic rings. The van der Waals surface area contributed by atoms with Crippen molar-refractivity contribution >= 4 is 0 Å². The van der Waals surface area contributed by atoms with Crippen molar-refractivity contribution in [3.05, 3.63) is 18.0 Å². The molecule has 0 spiro atoms. The van der Waals surface area contributed by atoms with Crippen LogP contribution in [0.3, 0.4) is 0 Å². The fourth-order valence-corrected chi connectivity index (χ4v) is 3.01. The summed E-state index contributed by atoms with van der Waals surface area (Å²) in [7, 11) is 3.56. The van der Waals surface area contributed by atoms with Crippen LogP contribution in [0.15, 0.2) is 12.3 Å². The largest absolute Gasteiger partial charge is 0.384 e. The van der Waals surface area contributed by atoms with Crippen LogP contribution in [0.4, 0.5) is 0 Å². The molecule has 1 fully saturated rings. The molecule has 3 atom stereocenters. The molecule has 0 radical (unpaired) electrons. The Labute approximate surface area is 103 Å². The Morgan fingerprint density at radius 1 is 1.65 bits per heavy atom. The van der Waals surface area contributed by atoms with Crippen LogP contribution in [0.2, 0.25) is 0 Å². The zero-order valence-corrected chi connectivity index (χ0v) is 10.9. The van der Waals surface area contributed by atoms with E-state index in [4.69, 9.17) is 4.74 Å². The maximum atomic E-state index is 10.6. The van der Waals surface area contributed by atoms with Crippen LogP contribution in [-0.4, -0.2) is 27.6 Å². The molecule has 1 aromatic heterocycles. The summed E-state index contributed by atoms with van der Waals surface area (Å²) in [6, 6.07) is 1.87. The van der Waals surface area contributed by atoms with Gasteiger partial charge in [-0.2, -0.15) is 5.10 Å². The number of nitrogens with zero attached hydrogens (tertiary/aromatic N) is 2. The normalized spacial score (nSPS) is 31.4. The predicted molar refractivity (Wildman–Crippen MR) is 65.5 cm³/mol. The third-order valence-electron chi connectivity index (χ3n) is 4.03. The van der Waals surface area contributed by atoms with E-state index in [-0.39, 0.29) is 0 Å². The highest BCUT2D eigenvalue weighted by atomic mass is 16.5. The third kappa shape index (κ3) is 2.24. The van der Waals surface area contributed by atoms with Gasteiger partial charge in [0.1, 0.15) is 6.10 Å². The molecule has 2 rings (SSSR count). The van der Waals surface area contributed by atoms with Crippen molar-refractivity contribution in [1.29, 1.82) is 0 Å². The summed E-state index contributed by atoms with van der Waals surface area (Å²) in [5.41, 5.74) is 0.395. The number of methoxy groups -OCH3 is 1. The van der Waals surface area contributed by atoms with Crippen LogP contribution in [-0.2, 0) is 11.8 Å². The topological polar surface area (TPSA) is 47.3 Å². The van der Waals surface area contributed by atoms with Gasteiger partial charge in [-0.1, -0.05) is 19.8 Å². The van der Waals surface area contributed by atoms with E-state index in [1.165, 1.54) is 6.42 Å². The number of ether oxygens (including phenoxy) is 1. The standard InChI is InChI=1S/C13H22N2O2/c1-10-5-4-7-13(9-10,17-3)12(16)11-6-8-14-15(11)2/h6,8,10,12,16H,4-5,7,9H2,1-3H3. The first kappa shape index (κ1) is 12.6. The molecule has 0 aliphatic heterocycles. The fraction of sp³-hybridized carbons (Fsp3) is 0.769. The van der Waals surface area contributed by atoms with Crippen molar-refractivity contribution in [2.45, 2.75) is 44.3 Å². The van der Waals surface area contributed by atoms with Crippen molar-refractivity contribution < 1.29 is 9.84 Å². The lowest BCUT2D eigenvalue weighted by Gasteiger charge is -2.42. The van der Waals surface area contributed by atoms with Crippen LogP contribution >= 0.6 is 0 Å². The number of hydrogen-bond donors (Lipinski definition) is 1. The highest BCUT2D eigenvalue weighted by Crippen LogP contribution is 2.42. The number of hydrogen-bond acceptors (Lipinski definition) is 3. The van der Waals surface area contributed by atoms with E-state index in [0.717, 1.165) is 25.0 Å². The molecule has 1 aromatic rings. The smallest absolute Gasteiger partial charge is 0.124 e. The Bertz CT molecular complexity index is 377. The van der Waals surface area contributed by atoms with Gasteiger partial charge >= 0.3 is 0 Å². The number of aliphatic hydroxyl groups excluding tert-OH is 1. The zero-order valence-electron chi connectivity index (χ0n) is 10.9. The maximum Gasteiger partial charge on any atom is 0.124 e. The van der Waals surface area contributed by atoms with Gasteiger partial charge in [-0.3, -0.25) is 4.68 Å². The Morgan fingerprint density at radius 3 is 2.94 bits per heavy atom. The van der Waals surface area contributed by atoms with Crippen molar-refractivity contribution in [3.63, 3.8) is 0 Å². The number of aryl methyl sites for hydroxylation is 1. The van der Waals surface area contributed by atoms with Gasteiger partial charge in [-0.25, -0.2) is 0 Å². The van der Waals surface area contributed by atoms with Crippen LogP contribution in [0.5, 0.6) is 0 Å². The van der Waals surface area contributed by atoms with Gasteiger partial charge in [0.05, 0.1) is 11.3 Å². The summed E-state index contributed by atoms with van der Waals surface area (Å²) in [5.74, 6) is 0.603. The molecule has 17 heavy (non-hydrogen) atoms. The molecule has 4 heteroatoms. The third-order valence-corrected chi connectivity index (χ3v) is 4.03. The van der Waals surface area contributed by atoms with Crippen molar-refractivity contribution in [2.24, 2.45) is 13.0 Å². The minimum atomic E-state index is -0.595. The molecule has 1 N–H and O–H groups in total. The van der Waals surface area contributed by atoms with E-state index >= 15 is 0 Å². The van der Waals surface area contributed by atoms with E-state index in [1.807, 2.05) is 13.1 Å². The summed E-state index contributed by atoms with van der Waals surface area (Å²) in [4.78, 5) is 0. The molecule has 0 aromatic carbocycles. The van der Waals surface area contributed by atoms with Crippen LogP contribution < -0.4 is 0 Å². The molecule has 1 aliphatic carbocycles. The van der Waals surface area contributed by atoms with E-state index in [2.05, 4.69) is 12.0 Å². The maximum absolute atomic E-state index is 10.6. The lowest BCUT2D eigenvalue weighted by molar-refractivity contribution is -0.136. The average molecular weight is 238 g/mol. The number of aromatic nitrogens is 2. The highest BCUT2D eigenvalue weighted by molar-refractivity contribution is 5.11. The zero-order chi connectivity index (χ0) is 12.5. The monoisotopic (exact) mass is 238 g/mol.